The van der Waals surface area contributed by atoms with Crippen LogP contribution in [0.25, 0.3) is 10.9 Å². The van der Waals surface area contributed by atoms with Crippen LogP contribution in [0.2, 0.25) is 0 Å². The van der Waals surface area contributed by atoms with E-state index in [4.69, 9.17) is 0 Å². The van der Waals surface area contributed by atoms with Crippen LogP contribution in [0.1, 0.15) is 19.8 Å². The number of aromatic nitrogens is 1. The van der Waals surface area contributed by atoms with Crippen LogP contribution in [-0.2, 0) is 0 Å². The molecular formula is C20H31N7O. The number of fused-ring (bicyclic) bond motifs is 1. The predicted octanol–water partition coefficient (Wildman–Crippen LogP) is 1.48. The van der Waals surface area contributed by atoms with Crippen molar-refractivity contribution in [3.05, 3.63) is 36.5 Å². The van der Waals surface area contributed by atoms with Gasteiger partial charge in [0.1, 0.15) is 6.29 Å². The number of urea groups is 1. The first-order chi connectivity index (χ1) is 13.5. The second kappa shape index (κ2) is 9.79. The average molecular weight is 386 g/mol. The molecule has 3 rings (SSSR count). The minimum Gasteiger partial charge on any atom is -0.310 e. The van der Waals surface area contributed by atoms with Crippen LogP contribution in [0.5, 0.6) is 0 Å². The van der Waals surface area contributed by atoms with Gasteiger partial charge >= 0.3 is 6.03 Å². The molecule has 8 nitrogen and oxygen atoms in total. The van der Waals surface area contributed by atoms with Crippen LogP contribution >= 0.6 is 0 Å². The molecule has 2 amide bonds. The maximum atomic E-state index is 12.4. The highest BCUT2D eigenvalue weighted by molar-refractivity contribution is 5.92. The molecular weight excluding hydrogens is 354 g/mol. The predicted molar refractivity (Wildman–Crippen MR) is 113 cm³/mol. The lowest BCUT2D eigenvalue weighted by Gasteiger charge is -2.37. The smallest absolute Gasteiger partial charge is 0.310 e. The molecule has 1 fully saturated rings. The molecule has 1 aromatic heterocycles. The van der Waals surface area contributed by atoms with Crippen LogP contribution in [0.4, 0.5) is 10.5 Å². The molecule has 2 aromatic rings. The van der Waals surface area contributed by atoms with E-state index >= 15 is 0 Å². The second-order valence-electron chi connectivity index (χ2n) is 7.58. The zero-order valence-corrected chi connectivity index (χ0v) is 16.8. The third-order valence-corrected chi connectivity index (χ3v) is 4.72. The number of nitrogens with zero attached hydrogens (tertiary/aromatic N) is 2. The maximum Gasteiger partial charge on any atom is 0.321 e. The number of pyridine rings is 1. The van der Waals surface area contributed by atoms with Crippen LogP contribution in [0.15, 0.2) is 36.5 Å². The Labute approximate surface area is 166 Å². The van der Waals surface area contributed by atoms with Crippen molar-refractivity contribution >= 4 is 22.6 Å². The molecule has 0 saturated carbocycles. The van der Waals surface area contributed by atoms with Crippen molar-refractivity contribution in [3.63, 3.8) is 0 Å². The van der Waals surface area contributed by atoms with E-state index in [-0.39, 0.29) is 18.5 Å². The minimum absolute atomic E-state index is 0.162. The molecule has 1 aromatic carbocycles. The Balaban J connectivity index is 1.49. The van der Waals surface area contributed by atoms with Crippen molar-refractivity contribution < 1.29 is 4.79 Å². The standard InChI is InChI=1S/C20H31N7O/c1-14-12-18(22-10-5-11-27(2)3)25-19(23-14)26-20(28)24-16-7-8-17-15(13-16)6-4-9-21-17/h4,6-9,13-14,18-19,22-23,25H,5,10-12H2,1-3H3,(H2,24,26,28). The van der Waals surface area contributed by atoms with E-state index < -0.39 is 0 Å². The van der Waals surface area contributed by atoms with Gasteiger partial charge in [-0.15, -0.1) is 0 Å². The van der Waals surface area contributed by atoms with Gasteiger partial charge in [0.05, 0.1) is 11.7 Å². The molecule has 3 atom stereocenters. The summed E-state index contributed by atoms with van der Waals surface area (Å²) in [5.41, 5.74) is 1.64. The van der Waals surface area contributed by atoms with Crippen molar-refractivity contribution in [3.8, 4) is 0 Å². The fourth-order valence-electron chi connectivity index (χ4n) is 3.37. The number of amides is 2. The lowest BCUT2D eigenvalue weighted by molar-refractivity contribution is 0.192. The molecule has 8 heteroatoms. The average Bonchev–Trinajstić information content (AvgIpc) is 2.64. The van der Waals surface area contributed by atoms with Crippen LogP contribution in [0, 0.1) is 0 Å². The monoisotopic (exact) mass is 385 g/mol. The van der Waals surface area contributed by atoms with Crippen molar-refractivity contribution in [2.45, 2.75) is 38.3 Å². The van der Waals surface area contributed by atoms with Crippen molar-refractivity contribution in [1.29, 1.82) is 0 Å². The quantitative estimate of drug-likeness (QED) is 0.464. The zero-order chi connectivity index (χ0) is 19.9. The Hall–Kier alpha value is -2.26. The summed E-state index contributed by atoms with van der Waals surface area (Å²) in [5, 5.41) is 17.1. The van der Waals surface area contributed by atoms with E-state index in [1.165, 1.54) is 0 Å². The van der Waals surface area contributed by atoms with E-state index in [2.05, 4.69) is 57.5 Å². The summed E-state index contributed by atoms with van der Waals surface area (Å²) in [6, 6.07) is 9.57. The van der Waals surface area contributed by atoms with Crippen LogP contribution < -0.4 is 26.6 Å². The highest BCUT2D eigenvalue weighted by Crippen LogP contribution is 2.16. The van der Waals surface area contributed by atoms with Gasteiger partial charge in [-0.2, -0.15) is 0 Å². The van der Waals surface area contributed by atoms with Crippen molar-refractivity contribution in [2.24, 2.45) is 0 Å². The Morgan fingerprint density at radius 2 is 2.14 bits per heavy atom. The topological polar surface area (TPSA) is 93.3 Å². The van der Waals surface area contributed by atoms with Crippen molar-refractivity contribution in [2.75, 3.05) is 32.5 Å². The fourth-order valence-corrected chi connectivity index (χ4v) is 3.37. The molecule has 1 saturated heterocycles. The first kappa shape index (κ1) is 20.5. The number of carbonyl (C=O) groups excluding carboxylic acids is 1. The number of benzene rings is 1. The number of hydrogen-bond acceptors (Lipinski definition) is 6. The van der Waals surface area contributed by atoms with Crippen LogP contribution in [0.3, 0.4) is 0 Å². The Morgan fingerprint density at radius 1 is 1.29 bits per heavy atom. The summed E-state index contributed by atoms with van der Waals surface area (Å²) in [4.78, 5) is 18.9. The molecule has 28 heavy (non-hydrogen) atoms. The Bertz CT molecular complexity index is 782. The third-order valence-electron chi connectivity index (χ3n) is 4.72. The van der Waals surface area contributed by atoms with Crippen LogP contribution in [-0.4, -0.2) is 61.6 Å². The van der Waals surface area contributed by atoms with Gasteiger partial charge in [0.25, 0.3) is 0 Å². The number of nitrogens with one attached hydrogen (secondary N) is 5. The number of carbonyl (C=O) groups is 1. The van der Waals surface area contributed by atoms with Crippen molar-refractivity contribution in [1.82, 2.24) is 31.2 Å². The minimum atomic E-state index is -0.294. The van der Waals surface area contributed by atoms with E-state index in [1.54, 1.807) is 6.20 Å². The van der Waals surface area contributed by atoms with Gasteiger partial charge < -0.3 is 20.9 Å². The molecule has 0 radical (unpaired) electrons. The summed E-state index contributed by atoms with van der Waals surface area (Å²) >= 11 is 0. The molecule has 0 bridgehead atoms. The summed E-state index contributed by atoms with van der Waals surface area (Å²) in [6.45, 7) is 4.11. The van der Waals surface area contributed by atoms with E-state index in [0.717, 1.165) is 42.5 Å². The molecule has 0 spiro atoms. The van der Waals surface area contributed by atoms with Gasteiger partial charge in [-0.1, -0.05) is 6.07 Å². The first-order valence-electron chi connectivity index (χ1n) is 9.82. The molecule has 1 aliphatic rings. The number of hydrogen-bond donors (Lipinski definition) is 5. The lowest BCUT2D eigenvalue weighted by atomic mass is 10.1. The summed E-state index contributed by atoms with van der Waals surface area (Å²) < 4.78 is 0. The molecule has 3 unspecified atom stereocenters. The zero-order valence-electron chi connectivity index (χ0n) is 16.8. The lowest BCUT2D eigenvalue weighted by Crippen LogP contribution is -2.67. The van der Waals surface area contributed by atoms with Gasteiger partial charge in [0, 0.05) is 23.3 Å². The molecule has 5 N–H and O–H groups in total. The SMILES string of the molecule is CC1CC(NCCCN(C)C)NC(NC(=O)Nc2ccc3ncccc3c2)N1. The highest BCUT2D eigenvalue weighted by Gasteiger charge is 2.25. The third kappa shape index (κ3) is 6.13. The van der Waals surface area contributed by atoms with Gasteiger partial charge in [-0.25, -0.2) is 4.79 Å². The normalized spacial score (nSPS) is 22.4. The summed E-state index contributed by atoms with van der Waals surface area (Å²) in [6.07, 6.45) is 3.67. The molecule has 152 valence electrons. The Kier molecular flexibility index (Phi) is 7.16. The first-order valence-corrected chi connectivity index (χ1v) is 9.82. The highest BCUT2D eigenvalue weighted by atomic mass is 16.2. The summed E-state index contributed by atoms with van der Waals surface area (Å²) in [7, 11) is 4.16. The Morgan fingerprint density at radius 3 is 2.96 bits per heavy atom. The molecule has 0 aliphatic carbocycles. The molecule has 2 heterocycles. The fraction of sp³-hybridized carbons (Fsp3) is 0.500. The van der Waals surface area contributed by atoms with Gasteiger partial charge in [0.15, 0.2) is 0 Å². The summed E-state index contributed by atoms with van der Waals surface area (Å²) in [5.74, 6) is 0. The molecule has 1 aliphatic heterocycles. The largest absolute Gasteiger partial charge is 0.321 e. The maximum absolute atomic E-state index is 12.4. The van der Waals surface area contributed by atoms with E-state index in [9.17, 15) is 4.79 Å². The second-order valence-corrected chi connectivity index (χ2v) is 7.58. The van der Waals surface area contributed by atoms with E-state index in [0.29, 0.717) is 6.04 Å². The number of anilines is 1. The number of rotatable bonds is 7. The van der Waals surface area contributed by atoms with Gasteiger partial charge in [0.2, 0.25) is 0 Å². The van der Waals surface area contributed by atoms with Gasteiger partial charge in [-0.05, 0) is 71.2 Å². The van der Waals surface area contributed by atoms with Gasteiger partial charge in [-0.3, -0.25) is 15.6 Å². The van der Waals surface area contributed by atoms with E-state index in [1.807, 2.05) is 30.3 Å².